The molecule has 0 bridgehead atoms. The molecule has 0 radical (unpaired) electrons. The fourth-order valence-corrected chi connectivity index (χ4v) is 3.83. The second-order valence-electron chi connectivity index (χ2n) is 6.81. The van der Waals surface area contributed by atoms with Crippen LogP contribution < -0.4 is 0 Å². The number of nitrogens with zero attached hydrogens (tertiary/aromatic N) is 2. The van der Waals surface area contributed by atoms with Crippen molar-refractivity contribution in [2.24, 2.45) is 0 Å². The van der Waals surface area contributed by atoms with Crippen LogP contribution in [-0.2, 0) is 4.74 Å². The van der Waals surface area contributed by atoms with Crippen LogP contribution in [0.4, 0.5) is 0 Å². The van der Waals surface area contributed by atoms with E-state index < -0.39 is 5.97 Å². The average Bonchev–Trinajstić information content (AvgIpc) is 3.31. The van der Waals surface area contributed by atoms with E-state index >= 15 is 0 Å². The molecule has 0 N–H and O–H groups in total. The van der Waals surface area contributed by atoms with Crippen LogP contribution >= 0.6 is 0 Å². The minimum atomic E-state index is -0.451. The Hall–Kier alpha value is -3.47. The zero-order valence-electron chi connectivity index (χ0n) is 15.8. The molecule has 1 atom stereocenters. The molecule has 1 unspecified atom stereocenters. The zero-order valence-corrected chi connectivity index (χ0v) is 15.8. The van der Waals surface area contributed by atoms with Gasteiger partial charge in [0, 0.05) is 12.0 Å². The Kier molecular flexibility index (Phi) is 4.65. The first-order valence-electron chi connectivity index (χ1n) is 9.10. The number of esters is 1. The van der Waals surface area contributed by atoms with Crippen molar-refractivity contribution in [1.82, 2.24) is 9.55 Å². The number of hydrogen-bond donors (Lipinski definition) is 0. The van der Waals surface area contributed by atoms with Crippen LogP contribution in [0, 0.1) is 0 Å². The Labute approximate surface area is 163 Å². The van der Waals surface area contributed by atoms with Gasteiger partial charge < -0.3 is 9.30 Å². The largest absolute Gasteiger partial charge is 0.465 e. The third-order valence-electron chi connectivity index (χ3n) is 5.19. The van der Waals surface area contributed by atoms with Gasteiger partial charge in [-0.25, -0.2) is 9.78 Å². The molecule has 140 valence electrons. The Balaban J connectivity index is 1.68. The lowest BCUT2D eigenvalue weighted by Crippen LogP contribution is -2.13. The van der Waals surface area contributed by atoms with E-state index in [-0.39, 0.29) is 18.2 Å². The average molecular weight is 372 g/mol. The van der Waals surface area contributed by atoms with Crippen molar-refractivity contribution >= 4 is 22.9 Å². The summed E-state index contributed by atoms with van der Waals surface area (Å²) in [7, 11) is 1.33. The molecule has 2 aromatic carbocycles. The molecule has 28 heavy (non-hydrogen) atoms. The first-order valence-corrected chi connectivity index (χ1v) is 9.10. The summed E-state index contributed by atoms with van der Waals surface area (Å²) >= 11 is 0. The van der Waals surface area contributed by atoms with E-state index in [2.05, 4.69) is 28.6 Å². The van der Waals surface area contributed by atoms with Crippen LogP contribution in [-0.4, -0.2) is 28.4 Å². The number of carbonyl (C=O) groups excluding carboxylic acids is 2. The maximum Gasteiger partial charge on any atom is 0.337 e. The zero-order chi connectivity index (χ0) is 19.7. The van der Waals surface area contributed by atoms with Gasteiger partial charge in [0.15, 0.2) is 5.78 Å². The maximum absolute atomic E-state index is 13.1. The number of ketones is 1. The van der Waals surface area contributed by atoms with E-state index in [4.69, 9.17) is 4.74 Å². The molecule has 1 aliphatic rings. The third kappa shape index (κ3) is 3.05. The lowest BCUT2D eigenvalue weighted by Gasteiger charge is -2.18. The predicted molar refractivity (Wildman–Crippen MR) is 107 cm³/mol. The third-order valence-corrected chi connectivity index (χ3v) is 5.19. The van der Waals surface area contributed by atoms with Gasteiger partial charge in [0.25, 0.3) is 0 Å². The molecule has 0 aliphatic carbocycles. The normalized spacial score (nSPS) is 15.4. The molecule has 0 amide bonds. The van der Waals surface area contributed by atoms with Crippen LogP contribution in [0.25, 0.3) is 11.1 Å². The lowest BCUT2D eigenvalue weighted by atomic mass is 9.91. The Bertz CT molecular complexity index is 1080. The predicted octanol–water partition coefficient (Wildman–Crippen LogP) is 4.43. The molecule has 1 aliphatic heterocycles. The molecule has 5 heteroatoms. The van der Waals surface area contributed by atoms with Gasteiger partial charge in [-0.05, 0) is 35.8 Å². The molecule has 0 saturated heterocycles. The Morgan fingerprint density at radius 1 is 1.07 bits per heavy atom. The van der Waals surface area contributed by atoms with E-state index in [1.165, 1.54) is 7.11 Å². The Morgan fingerprint density at radius 2 is 1.82 bits per heavy atom. The van der Waals surface area contributed by atoms with E-state index in [9.17, 15) is 9.59 Å². The molecule has 3 aromatic rings. The van der Waals surface area contributed by atoms with Crippen LogP contribution in [0.1, 0.15) is 51.4 Å². The molecule has 2 heterocycles. The molecule has 5 nitrogen and oxygen atoms in total. The highest BCUT2D eigenvalue weighted by molar-refractivity contribution is 6.02. The summed E-state index contributed by atoms with van der Waals surface area (Å²) in [5.41, 5.74) is 5.27. The number of allylic oxidation sites excluding steroid dienone is 2. The van der Waals surface area contributed by atoms with Gasteiger partial charge in [-0.15, -0.1) is 0 Å². The number of rotatable bonds is 5. The van der Waals surface area contributed by atoms with Crippen LogP contribution in [0.5, 0.6) is 0 Å². The van der Waals surface area contributed by atoms with Crippen molar-refractivity contribution in [1.29, 1.82) is 0 Å². The van der Waals surface area contributed by atoms with Gasteiger partial charge in [-0.1, -0.05) is 42.5 Å². The van der Waals surface area contributed by atoms with Gasteiger partial charge in [0.05, 0.1) is 36.9 Å². The number of methoxy groups -OCH3 is 1. The van der Waals surface area contributed by atoms with Crippen molar-refractivity contribution < 1.29 is 14.3 Å². The van der Waals surface area contributed by atoms with Crippen LogP contribution in [0.15, 0.2) is 67.1 Å². The van der Waals surface area contributed by atoms with Crippen LogP contribution in [0.2, 0.25) is 0 Å². The summed E-state index contributed by atoms with van der Waals surface area (Å²) < 4.78 is 6.81. The van der Waals surface area contributed by atoms with Crippen molar-refractivity contribution in [3.8, 4) is 0 Å². The minimum Gasteiger partial charge on any atom is -0.465 e. The van der Waals surface area contributed by atoms with Gasteiger partial charge in [0.2, 0.25) is 0 Å². The molecular formula is C23H20N2O3. The highest BCUT2D eigenvalue weighted by atomic mass is 16.5. The van der Waals surface area contributed by atoms with Gasteiger partial charge in [-0.3, -0.25) is 4.79 Å². The number of carbonyl (C=O) groups is 2. The molecule has 4 rings (SSSR count). The molecule has 0 fully saturated rings. The quantitative estimate of drug-likeness (QED) is 0.491. The first kappa shape index (κ1) is 17.9. The van der Waals surface area contributed by atoms with Gasteiger partial charge in [-0.2, -0.15) is 0 Å². The number of imidazole rings is 1. The highest BCUT2D eigenvalue weighted by Crippen LogP contribution is 2.44. The molecular weight excluding hydrogens is 352 g/mol. The molecule has 1 aromatic heterocycles. The van der Waals surface area contributed by atoms with E-state index in [1.54, 1.807) is 30.6 Å². The second kappa shape index (κ2) is 7.27. The van der Waals surface area contributed by atoms with Gasteiger partial charge >= 0.3 is 5.97 Å². The monoisotopic (exact) mass is 372 g/mol. The first-order chi connectivity index (χ1) is 13.6. The van der Waals surface area contributed by atoms with Crippen LogP contribution in [0.3, 0.4) is 0 Å². The number of benzene rings is 2. The van der Waals surface area contributed by atoms with Crippen molar-refractivity contribution in [3.63, 3.8) is 0 Å². The summed E-state index contributed by atoms with van der Waals surface area (Å²) in [6.45, 7) is 2.07. The highest BCUT2D eigenvalue weighted by Gasteiger charge is 2.31. The summed E-state index contributed by atoms with van der Waals surface area (Å²) in [4.78, 5) is 29.1. The molecule has 0 spiro atoms. The Morgan fingerprint density at radius 3 is 2.57 bits per heavy atom. The van der Waals surface area contributed by atoms with Gasteiger partial charge in [0.1, 0.15) is 0 Å². The smallest absolute Gasteiger partial charge is 0.337 e. The number of fused-ring (bicyclic) bond motifs is 1. The summed E-state index contributed by atoms with van der Waals surface area (Å²) in [5, 5.41) is 0. The fourth-order valence-electron chi connectivity index (χ4n) is 3.83. The fraction of sp³-hybridized carbons (Fsp3) is 0.174. The van der Waals surface area contributed by atoms with E-state index in [1.807, 2.05) is 24.4 Å². The number of hydrogen-bond acceptors (Lipinski definition) is 4. The minimum absolute atomic E-state index is 0.0291. The molecule has 0 saturated carbocycles. The standard InChI is InChI=1S/C23H20N2O3/c1-15-20-13-24-14-25(20)19(22(15)16-7-4-3-5-8-16)12-21(26)17-9-6-10-18(11-17)23(27)28-2/h3-11,13-14,19H,12H2,1-2H3. The topological polar surface area (TPSA) is 61.2 Å². The van der Waals surface area contributed by atoms with E-state index in [0.717, 1.165) is 22.4 Å². The summed E-state index contributed by atoms with van der Waals surface area (Å²) in [5.74, 6) is -0.480. The van der Waals surface area contributed by atoms with Crippen molar-refractivity contribution in [3.05, 3.63) is 89.5 Å². The van der Waals surface area contributed by atoms with Crippen molar-refractivity contribution in [2.75, 3.05) is 7.11 Å². The number of aromatic nitrogens is 2. The van der Waals surface area contributed by atoms with E-state index in [0.29, 0.717) is 11.1 Å². The van der Waals surface area contributed by atoms with Crippen molar-refractivity contribution in [2.45, 2.75) is 19.4 Å². The summed E-state index contributed by atoms with van der Waals surface area (Å²) in [6, 6.07) is 16.7. The number of Topliss-reactive ketones (excluding diaryl/α,β-unsaturated/α-hetero) is 1. The second-order valence-corrected chi connectivity index (χ2v) is 6.81. The number of ether oxygens (including phenoxy) is 1. The SMILES string of the molecule is COC(=O)c1cccc(C(=O)CC2C(c3ccccc3)=C(C)c3cncn32)c1. The summed E-state index contributed by atoms with van der Waals surface area (Å²) in [6.07, 6.45) is 3.90. The maximum atomic E-state index is 13.1. The lowest BCUT2D eigenvalue weighted by molar-refractivity contribution is 0.0600.